The molecule has 1 heterocycles. The van der Waals surface area contributed by atoms with Crippen molar-refractivity contribution in [1.29, 1.82) is 0 Å². The van der Waals surface area contributed by atoms with Gasteiger partial charge < -0.3 is 14.7 Å². The molecule has 0 atom stereocenters. The number of likely N-dealkylation sites (tertiary alicyclic amines) is 1. The molecule has 23 heavy (non-hydrogen) atoms. The second-order valence-electron chi connectivity index (χ2n) is 5.89. The maximum absolute atomic E-state index is 12.1. The predicted octanol–water partition coefficient (Wildman–Crippen LogP) is 3.91. The summed E-state index contributed by atoms with van der Waals surface area (Å²) in [6, 6.07) is 17.1. The number of carbonyl (C=O) groups excluding carboxylic acids is 1. The van der Waals surface area contributed by atoms with Crippen molar-refractivity contribution in [2.45, 2.75) is 25.4 Å². The Morgan fingerprint density at radius 2 is 1.70 bits per heavy atom. The van der Waals surface area contributed by atoms with Crippen molar-refractivity contribution in [3.63, 3.8) is 0 Å². The standard InChI is InChI=1S/C19H21NO3/c21-18-8-6-16(7-9-18)17-10-12-20(13-11-17)19(22)23-14-15-4-2-1-3-5-15/h1-9,17,21H,10-14H2. The van der Waals surface area contributed by atoms with E-state index in [0.717, 1.165) is 18.4 Å². The Hall–Kier alpha value is -2.49. The molecule has 1 fully saturated rings. The number of piperidine rings is 1. The summed E-state index contributed by atoms with van der Waals surface area (Å²) in [5.41, 5.74) is 2.22. The van der Waals surface area contributed by atoms with Gasteiger partial charge in [-0.15, -0.1) is 0 Å². The van der Waals surface area contributed by atoms with Crippen LogP contribution in [0.2, 0.25) is 0 Å². The first kappa shape index (κ1) is 15.4. The van der Waals surface area contributed by atoms with Crippen LogP contribution in [0.15, 0.2) is 54.6 Å². The molecule has 1 N–H and O–H groups in total. The molecule has 4 nitrogen and oxygen atoms in total. The smallest absolute Gasteiger partial charge is 0.410 e. The Morgan fingerprint density at radius 3 is 2.35 bits per heavy atom. The van der Waals surface area contributed by atoms with Gasteiger partial charge in [-0.2, -0.15) is 0 Å². The lowest BCUT2D eigenvalue weighted by atomic mass is 9.89. The Bertz CT molecular complexity index is 631. The molecule has 0 radical (unpaired) electrons. The van der Waals surface area contributed by atoms with Gasteiger partial charge in [0, 0.05) is 13.1 Å². The Labute approximate surface area is 136 Å². The highest BCUT2D eigenvalue weighted by Crippen LogP contribution is 2.29. The van der Waals surface area contributed by atoms with Crippen LogP contribution in [0, 0.1) is 0 Å². The number of benzene rings is 2. The Balaban J connectivity index is 1.48. The van der Waals surface area contributed by atoms with Gasteiger partial charge in [0.15, 0.2) is 0 Å². The van der Waals surface area contributed by atoms with E-state index in [4.69, 9.17) is 4.74 Å². The number of carbonyl (C=O) groups is 1. The molecule has 0 bridgehead atoms. The molecule has 4 heteroatoms. The van der Waals surface area contributed by atoms with Crippen LogP contribution >= 0.6 is 0 Å². The largest absolute Gasteiger partial charge is 0.508 e. The molecule has 0 aliphatic carbocycles. The average molecular weight is 311 g/mol. The van der Waals surface area contributed by atoms with Gasteiger partial charge in [0.1, 0.15) is 12.4 Å². The van der Waals surface area contributed by atoms with Crippen molar-refractivity contribution >= 4 is 6.09 Å². The molecule has 0 spiro atoms. The third kappa shape index (κ3) is 4.03. The SMILES string of the molecule is O=C(OCc1ccccc1)N1CCC(c2ccc(O)cc2)CC1. The molecule has 120 valence electrons. The second-order valence-corrected chi connectivity index (χ2v) is 5.89. The molecule has 1 saturated heterocycles. The van der Waals surface area contributed by atoms with Gasteiger partial charge in [-0.25, -0.2) is 4.79 Å². The second kappa shape index (κ2) is 7.18. The summed E-state index contributed by atoms with van der Waals surface area (Å²) >= 11 is 0. The highest BCUT2D eigenvalue weighted by molar-refractivity contribution is 5.67. The molecule has 2 aromatic carbocycles. The molecular weight excluding hydrogens is 290 g/mol. The van der Waals surface area contributed by atoms with Crippen molar-refractivity contribution in [3.8, 4) is 5.75 Å². The molecule has 0 saturated carbocycles. The molecular formula is C19H21NO3. The topological polar surface area (TPSA) is 49.8 Å². The number of hydrogen-bond donors (Lipinski definition) is 1. The normalized spacial score (nSPS) is 15.4. The number of ether oxygens (including phenoxy) is 1. The summed E-state index contributed by atoms with van der Waals surface area (Å²) in [4.78, 5) is 13.9. The van der Waals surface area contributed by atoms with E-state index in [2.05, 4.69) is 0 Å². The van der Waals surface area contributed by atoms with Crippen molar-refractivity contribution in [2.75, 3.05) is 13.1 Å². The third-order valence-corrected chi connectivity index (χ3v) is 4.32. The van der Waals surface area contributed by atoms with Gasteiger partial charge in [-0.3, -0.25) is 0 Å². The zero-order valence-corrected chi connectivity index (χ0v) is 13.0. The minimum atomic E-state index is -0.238. The maximum Gasteiger partial charge on any atom is 0.410 e. The molecule has 1 amide bonds. The fraction of sp³-hybridized carbons (Fsp3) is 0.316. The van der Waals surface area contributed by atoms with E-state index in [1.165, 1.54) is 5.56 Å². The summed E-state index contributed by atoms with van der Waals surface area (Å²) in [6.07, 6.45) is 1.61. The van der Waals surface area contributed by atoms with Crippen LogP contribution in [0.25, 0.3) is 0 Å². The van der Waals surface area contributed by atoms with Crippen LogP contribution in [-0.2, 0) is 11.3 Å². The number of rotatable bonds is 3. The molecule has 0 aromatic heterocycles. The summed E-state index contributed by atoms with van der Waals surface area (Å²) in [6.45, 7) is 1.73. The molecule has 1 aliphatic rings. The predicted molar refractivity (Wildman–Crippen MR) is 88.3 cm³/mol. The monoisotopic (exact) mass is 311 g/mol. The van der Waals surface area contributed by atoms with Gasteiger partial charge in [-0.1, -0.05) is 42.5 Å². The van der Waals surface area contributed by atoms with Crippen LogP contribution < -0.4 is 0 Å². The molecule has 0 unspecified atom stereocenters. The average Bonchev–Trinajstić information content (AvgIpc) is 2.61. The first-order valence-electron chi connectivity index (χ1n) is 7.97. The molecule has 2 aromatic rings. The maximum atomic E-state index is 12.1. The quantitative estimate of drug-likeness (QED) is 0.935. The van der Waals surface area contributed by atoms with E-state index in [1.807, 2.05) is 42.5 Å². The van der Waals surface area contributed by atoms with Crippen LogP contribution in [0.4, 0.5) is 4.79 Å². The lowest BCUT2D eigenvalue weighted by Gasteiger charge is -2.31. The molecule has 3 rings (SSSR count). The van der Waals surface area contributed by atoms with E-state index in [9.17, 15) is 9.90 Å². The zero-order chi connectivity index (χ0) is 16.1. The summed E-state index contributed by atoms with van der Waals surface area (Å²) in [5, 5.41) is 9.35. The van der Waals surface area contributed by atoms with Crippen molar-refractivity contribution in [2.24, 2.45) is 0 Å². The van der Waals surface area contributed by atoms with E-state index in [0.29, 0.717) is 25.6 Å². The van der Waals surface area contributed by atoms with E-state index < -0.39 is 0 Å². The molecule has 1 aliphatic heterocycles. The van der Waals surface area contributed by atoms with Crippen LogP contribution in [0.5, 0.6) is 5.75 Å². The van der Waals surface area contributed by atoms with Crippen molar-refractivity contribution < 1.29 is 14.6 Å². The van der Waals surface area contributed by atoms with Gasteiger partial charge in [0.2, 0.25) is 0 Å². The lowest BCUT2D eigenvalue weighted by molar-refractivity contribution is 0.0870. The van der Waals surface area contributed by atoms with Crippen LogP contribution in [0.3, 0.4) is 0 Å². The highest BCUT2D eigenvalue weighted by Gasteiger charge is 2.24. The third-order valence-electron chi connectivity index (χ3n) is 4.32. The minimum Gasteiger partial charge on any atom is -0.508 e. The van der Waals surface area contributed by atoms with E-state index in [1.54, 1.807) is 17.0 Å². The summed E-state index contributed by atoms with van der Waals surface area (Å²) < 4.78 is 5.38. The number of nitrogens with zero attached hydrogens (tertiary/aromatic N) is 1. The van der Waals surface area contributed by atoms with Crippen molar-refractivity contribution in [1.82, 2.24) is 4.90 Å². The van der Waals surface area contributed by atoms with E-state index >= 15 is 0 Å². The summed E-state index contributed by atoms with van der Waals surface area (Å²) in [5.74, 6) is 0.726. The van der Waals surface area contributed by atoms with Gasteiger partial charge >= 0.3 is 6.09 Å². The van der Waals surface area contributed by atoms with Crippen molar-refractivity contribution in [3.05, 3.63) is 65.7 Å². The van der Waals surface area contributed by atoms with Crippen LogP contribution in [-0.4, -0.2) is 29.2 Å². The fourth-order valence-corrected chi connectivity index (χ4v) is 2.95. The number of phenols is 1. The minimum absolute atomic E-state index is 0.238. The van der Waals surface area contributed by atoms with Crippen LogP contribution in [0.1, 0.15) is 29.9 Å². The Kier molecular flexibility index (Phi) is 4.81. The van der Waals surface area contributed by atoms with Gasteiger partial charge in [-0.05, 0) is 42.0 Å². The summed E-state index contributed by atoms with van der Waals surface area (Å²) in [7, 11) is 0. The zero-order valence-electron chi connectivity index (χ0n) is 13.0. The fourth-order valence-electron chi connectivity index (χ4n) is 2.95. The first-order valence-corrected chi connectivity index (χ1v) is 7.97. The first-order chi connectivity index (χ1) is 11.2. The number of aromatic hydroxyl groups is 1. The Morgan fingerprint density at radius 1 is 1.04 bits per heavy atom. The van der Waals surface area contributed by atoms with Gasteiger partial charge in [0.25, 0.3) is 0 Å². The number of phenolic OH excluding ortho intramolecular Hbond substituents is 1. The number of hydrogen-bond acceptors (Lipinski definition) is 3. The lowest BCUT2D eigenvalue weighted by Crippen LogP contribution is -2.38. The number of amides is 1. The van der Waals surface area contributed by atoms with E-state index in [-0.39, 0.29) is 11.8 Å². The van der Waals surface area contributed by atoms with Gasteiger partial charge in [0.05, 0.1) is 0 Å². The highest BCUT2D eigenvalue weighted by atomic mass is 16.6.